The van der Waals surface area contributed by atoms with Crippen LogP contribution in [0.3, 0.4) is 0 Å². The Kier molecular flexibility index (Phi) is 3.85. The molecule has 0 aliphatic carbocycles. The Labute approximate surface area is 96.3 Å². The van der Waals surface area contributed by atoms with Gasteiger partial charge in [0.15, 0.2) is 0 Å². The van der Waals surface area contributed by atoms with Crippen LogP contribution in [0.25, 0.3) is 0 Å². The molecule has 0 amide bonds. The zero-order valence-corrected chi connectivity index (χ0v) is 10.0. The number of benzene rings is 1. The quantitative estimate of drug-likeness (QED) is 0.708. The lowest BCUT2D eigenvalue weighted by Gasteiger charge is -2.01. The Bertz CT molecular complexity index is 475. The lowest BCUT2D eigenvalue weighted by molar-refractivity contribution is -0.677. The first-order valence-electron chi connectivity index (χ1n) is 5.24. The van der Waals surface area contributed by atoms with Gasteiger partial charge < -0.3 is 5.48 Å². The zero-order chi connectivity index (χ0) is 10.8. The molecule has 3 nitrogen and oxygen atoms in total. The first kappa shape index (κ1) is 12.5. The Morgan fingerprint density at radius 1 is 1.25 bits per heavy atom. The first-order valence-corrected chi connectivity index (χ1v) is 5.24. The van der Waals surface area contributed by atoms with Gasteiger partial charge in [-0.2, -0.15) is 0 Å². The first-order chi connectivity index (χ1) is 7.16. The lowest BCUT2D eigenvalue weighted by atomic mass is 10.1. The van der Waals surface area contributed by atoms with Crippen LogP contribution in [0.5, 0.6) is 0 Å². The van der Waals surface area contributed by atoms with Gasteiger partial charge in [0.1, 0.15) is 18.9 Å². The maximum Gasteiger partial charge on any atom is 0.253 e. The summed E-state index contributed by atoms with van der Waals surface area (Å²) in [6.07, 6.45) is 4.21. The van der Waals surface area contributed by atoms with Crippen LogP contribution in [0.15, 0.2) is 36.7 Å². The summed E-state index contributed by atoms with van der Waals surface area (Å²) in [5, 5.41) is 0. The largest absolute Gasteiger partial charge is 0.870 e. The summed E-state index contributed by atoms with van der Waals surface area (Å²) in [5.41, 5.74) is 2.68. The van der Waals surface area contributed by atoms with Crippen molar-refractivity contribution in [3.8, 4) is 0 Å². The van der Waals surface area contributed by atoms with Crippen molar-refractivity contribution in [2.45, 2.75) is 20.4 Å². The molecule has 0 unspecified atom stereocenters. The average molecular weight is 218 g/mol. The molecule has 86 valence electrons. The summed E-state index contributed by atoms with van der Waals surface area (Å²) >= 11 is 0. The summed E-state index contributed by atoms with van der Waals surface area (Å²) in [6.45, 7) is 5.22. The molecule has 0 fully saturated rings. The average Bonchev–Trinajstić information content (AvgIpc) is 2.50. The second-order valence-corrected chi connectivity index (χ2v) is 4.07. The van der Waals surface area contributed by atoms with Gasteiger partial charge in [0.25, 0.3) is 5.82 Å². The Morgan fingerprint density at radius 2 is 2.00 bits per heavy atom. The molecule has 1 aromatic heterocycles. The second kappa shape index (κ2) is 4.94. The molecule has 1 aromatic carbocycles. The van der Waals surface area contributed by atoms with E-state index in [1.807, 2.05) is 0 Å². The van der Waals surface area contributed by atoms with Crippen LogP contribution in [0.1, 0.15) is 17.0 Å². The van der Waals surface area contributed by atoms with E-state index in [2.05, 4.69) is 66.7 Å². The Morgan fingerprint density at radius 3 is 2.56 bits per heavy atom. The highest BCUT2D eigenvalue weighted by atomic mass is 16.0. The number of rotatable bonds is 2. The molecule has 2 aromatic rings. The standard InChI is InChI=1S/C13H17N2.H2O/c1-11-5-4-6-13(9-11)10-15-8-7-14(3)12(15)2;/h4-9H,10H2,1-3H3;1H2/q+1;/p-1. The summed E-state index contributed by atoms with van der Waals surface area (Å²) in [5.74, 6) is 1.27. The topological polar surface area (TPSA) is 38.8 Å². The van der Waals surface area contributed by atoms with E-state index in [1.165, 1.54) is 17.0 Å². The number of aryl methyl sites for hydroxylation is 2. The van der Waals surface area contributed by atoms with Crippen molar-refractivity contribution < 1.29 is 10.0 Å². The highest BCUT2D eigenvalue weighted by molar-refractivity contribution is 5.22. The SMILES string of the molecule is Cc1cccc(Cn2cc[n+](C)c2C)c1.[OH-]. The van der Waals surface area contributed by atoms with E-state index >= 15 is 0 Å². The minimum atomic E-state index is 0. The van der Waals surface area contributed by atoms with Crippen LogP contribution >= 0.6 is 0 Å². The molecule has 0 bridgehead atoms. The van der Waals surface area contributed by atoms with E-state index < -0.39 is 0 Å². The molecule has 3 heteroatoms. The highest BCUT2D eigenvalue weighted by Gasteiger charge is 2.08. The fraction of sp³-hybridized carbons (Fsp3) is 0.308. The third-order valence-corrected chi connectivity index (χ3v) is 2.83. The number of nitrogens with zero attached hydrogens (tertiary/aromatic N) is 2. The number of aromatic nitrogens is 2. The molecule has 0 aliphatic heterocycles. The molecule has 2 rings (SSSR count). The maximum absolute atomic E-state index is 2.26. The van der Waals surface area contributed by atoms with Crippen LogP contribution in [0, 0.1) is 13.8 Å². The van der Waals surface area contributed by atoms with E-state index in [1.54, 1.807) is 0 Å². The monoisotopic (exact) mass is 218 g/mol. The third-order valence-electron chi connectivity index (χ3n) is 2.83. The smallest absolute Gasteiger partial charge is 0.253 e. The summed E-state index contributed by atoms with van der Waals surface area (Å²) < 4.78 is 4.39. The highest BCUT2D eigenvalue weighted by Crippen LogP contribution is 2.06. The number of hydrogen-bond donors (Lipinski definition) is 0. The van der Waals surface area contributed by atoms with Crippen molar-refractivity contribution in [3.05, 3.63) is 53.6 Å². The van der Waals surface area contributed by atoms with Crippen LogP contribution in [0.2, 0.25) is 0 Å². The summed E-state index contributed by atoms with van der Waals surface area (Å²) in [7, 11) is 2.07. The molecule has 0 aliphatic rings. The molecule has 1 heterocycles. The molecule has 0 spiro atoms. The van der Waals surface area contributed by atoms with E-state index in [4.69, 9.17) is 0 Å². The number of hydrogen-bond acceptors (Lipinski definition) is 1. The molecular formula is C13H18N2O. The fourth-order valence-electron chi connectivity index (χ4n) is 1.77. The van der Waals surface area contributed by atoms with E-state index in [-0.39, 0.29) is 5.48 Å². The van der Waals surface area contributed by atoms with E-state index in [0.717, 1.165) is 6.54 Å². The van der Waals surface area contributed by atoms with Gasteiger partial charge in [-0.1, -0.05) is 29.8 Å². The van der Waals surface area contributed by atoms with E-state index in [0.29, 0.717) is 0 Å². The third kappa shape index (κ3) is 2.49. The minimum absolute atomic E-state index is 0. The van der Waals surface area contributed by atoms with Crippen molar-refractivity contribution in [1.82, 2.24) is 4.57 Å². The van der Waals surface area contributed by atoms with Crippen molar-refractivity contribution in [2.24, 2.45) is 7.05 Å². The van der Waals surface area contributed by atoms with Gasteiger partial charge in [0, 0.05) is 6.92 Å². The van der Waals surface area contributed by atoms with Crippen LogP contribution in [0.4, 0.5) is 0 Å². The predicted octanol–water partition coefficient (Wildman–Crippen LogP) is 1.80. The Hall–Kier alpha value is -1.61. The molecule has 0 saturated heterocycles. The van der Waals surface area contributed by atoms with E-state index in [9.17, 15) is 0 Å². The molecule has 0 atom stereocenters. The predicted molar refractivity (Wildman–Crippen MR) is 62.6 cm³/mol. The Balaban J connectivity index is 0.00000128. The van der Waals surface area contributed by atoms with Crippen molar-refractivity contribution in [1.29, 1.82) is 0 Å². The van der Waals surface area contributed by atoms with Gasteiger partial charge in [-0.25, -0.2) is 9.13 Å². The van der Waals surface area contributed by atoms with Crippen LogP contribution < -0.4 is 4.57 Å². The van der Waals surface area contributed by atoms with Gasteiger partial charge >= 0.3 is 0 Å². The van der Waals surface area contributed by atoms with Crippen molar-refractivity contribution in [3.63, 3.8) is 0 Å². The number of imidazole rings is 1. The minimum Gasteiger partial charge on any atom is -0.870 e. The van der Waals surface area contributed by atoms with Gasteiger partial charge in [-0.05, 0) is 12.5 Å². The fourth-order valence-corrected chi connectivity index (χ4v) is 1.77. The second-order valence-electron chi connectivity index (χ2n) is 4.07. The van der Waals surface area contributed by atoms with Gasteiger partial charge in [0.2, 0.25) is 0 Å². The van der Waals surface area contributed by atoms with Crippen molar-refractivity contribution >= 4 is 0 Å². The van der Waals surface area contributed by atoms with Crippen LogP contribution in [-0.4, -0.2) is 10.0 Å². The molecule has 0 radical (unpaired) electrons. The molecular weight excluding hydrogens is 200 g/mol. The van der Waals surface area contributed by atoms with Gasteiger partial charge in [-0.15, -0.1) is 0 Å². The van der Waals surface area contributed by atoms with Crippen molar-refractivity contribution in [2.75, 3.05) is 0 Å². The zero-order valence-electron chi connectivity index (χ0n) is 10.0. The molecule has 16 heavy (non-hydrogen) atoms. The van der Waals surface area contributed by atoms with Crippen LogP contribution in [-0.2, 0) is 13.6 Å². The van der Waals surface area contributed by atoms with Gasteiger partial charge in [0.05, 0.1) is 7.05 Å². The molecule has 0 saturated carbocycles. The van der Waals surface area contributed by atoms with Gasteiger partial charge in [-0.3, -0.25) is 0 Å². The normalized spacial score (nSPS) is 9.94. The summed E-state index contributed by atoms with van der Waals surface area (Å²) in [4.78, 5) is 0. The molecule has 1 N–H and O–H groups in total. The summed E-state index contributed by atoms with van der Waals surface area (Å²) in [6, 6.07) is 8.65. The maximum atomic E-state index is 2.26. The lowest BCUT2D eigenvalue weighted by Crippen LogP contribution is -2.29.